The fraction of sp³-hybridized carbons (Fsp3) is 0. The van der Waals surface area contributed by atoms with E-state index in [9.17, 15) is 13.5 Å². The first kappa shape index (κ1) is 11.6. The molecule has 0 aliphatic carbocycles. The van der Waals surface area contributed by atoms with E-state index in [4.69, 9.17) is 16.1 Å². The summed E-state index contributed by atoms with van der Waals surface area (Å²) in [5.74, 6) is -0.426. The number of nitrogens with zero attached hydrogens (tertiary/aromatic N) is 2. The first-order valence-electron chi connectivity index (χ1n) is 4.49. The number of phenols is 1. The number of rotatable bonds is 1. The minimum Gasteiger partial charge on any atom is -0.501 e. The second-order valence-electron chi connectivity index (χ2n) is 3.33. The molecule has 0 spiro atoms. The topological polar surface area (TPSA) is 82.5 Å². The van der Waals surface area contributed by atoms with E-state index in [1.807, 2.05) is 0 Å². The second kappa shape index (κ2) is 3.87. The molecule has 17 heavy (non-hydrogen) atoms. The maximum Gasteiger partial charge on any atom is 0.446 e. The van der Waals surface area contributed by atoms with Crippen LogP contribution in [0.15, 0.2) is 35.2 Å². The Bertz CT molecular complexity index is 750. The predicted molar refractivity (Wildman–Crippen MR) is 63.4 cm³/mol. The highest BCUT2D eigenvalue weighted by Gasteiger charge is 2.30. The smallest absolute Gasteiger partial charge is 0.446 e. The zero-order valence-corrected chi connectivity index (χ0v) is 9.90. The number of phenolic OH excluding ortho intramolecular Hbond substituents is 1. The van der Waals surface area contributed by atoms with Crippen molar-refractivity contribution in [3.63, 3.8) is 0 Å². The van der Waals surface area contributed by atoms with E-state index in [2.05, 4.69) is 4.98 Å². The fourth-order valence-electron chi connectivity index (χ4n) is 1.57. The van der Waals surface area contributed by atoms with Crippen molar-refractivity contribution in [1.29, 1.82) is 5.39 Å². The molecule has 86 valence electrons. The van der Waals surface area contributed by atoms with Crippen LogP contribution in [0.4, 0.5) is 5.69 Å². The number of halogens is 1. The maximum atomic E-state index is 11.3. The molecule has 2 rings (SSSR count). The van der Waals surface area contributed by atoms with Gasteiger partial charge < -0.3 is 5.11 Å². The summed E-state index contributed by atoms with van der Waals surface area (Å²) in [6, 6.07) is 7.78. The summed E-state index contributed by atoms with van der Waals surface area (Å²) in [6.07, 6.45) is 0. The van der Waals surface area contributed by atoms with Crippen molar-refractivity contribution >= 4 is 36.2 Å². The van der Waals surface area contributed by atoms with Gasteiger partial charge in [-0.1, -0.05) is 24.3 Å². The summed E-state index contributed by atoms with van der Waals surface area (Å²) in [5, 5.41) is 19.4. The molecule has 7 heteroatoms. The Morgan fingerprint density at radius 1 is 1.29 bits per heavy atom. The van der Waals surface area contributed by atoms with Gasteiger partial charge in [-0.25, -0.2) is 8.42 Å². The lowest BCUT2D eigenvalue weighted by Gasteiger charge is -2.00. The van der Waals surface area contributed by atoms with E-state index in [-0.39, 0.29) is 0 Å². The quantitative estimate of drug-likeness (QED) is 0.637. The molecule has 0 saturated heterocycles. The Labute approximate surface area is 101 Å². The number of diazo groups is 1. The standard InChI is InChI=1S/C10H5ClN2O3S/c11-17(15,16)8-5-6-3-1-2-4-7(6)10(14)9(8)13-12/h1-5H/p+1. The normalized spacial score (nSPS) is 11.3. The lowest BCUT2D eigenvalue weighted by molar-refractivity contribution is 0.483. The highest BCUT2D eigenvalue weighted by Crippen LogP contribution is 2.41. The lowest BCUT2D eigenvalue weighted by atomic mass is 10.1. The Morgan fingerprint density at radius 3 is 2.53 bits per heavy atom. The molecule has 0 atom stereocenters. The Morgan fingerprint density at radius 2 is 1.94 bits per heavy atom. The van der Waals surface area contributed by atoms with Crippen molar-refractivity contribution in [3.8, 4) is 5.75 Å². The third kappa shape index (κ3) is 1.90. The molecule has 2 aromatic rings. The molecule has 0 amide bonds. The molecule has 0 radical (unpaired) electrons. The van der Waals surface area contributed by atoms with Crippen LogP contribution >= 0.6 is 10.7 Å². The van der Waals surface area contributed by atoms with Crippen molar-refractivity contribution in [2.24, 2.45) is 0 Å². The molecule has 0 heterocycles. The Hall–Kier alpha value is -1.84. The minimum absolute atomic E-state index is 0.379. The van der Waals surface area contributed by atoms with Crippen LogP contribution in [0, 0.1) is 5.39 Å². The van der Waals surface area contributed by atoms with Crippen LogP contribution in [0.3, 0.4) is 0 Å². The zero-order valence-electron chi connectivity index (χ0n) is 8.33. The molecule has 0 aliphatic rings. The van der Waals surface area contributed by atoms with Gasteiger partial charge >= 0.3 is 5.69 Å². The summed E-state index contributed by atoms with van der Waals surface area (Å²) in [7, 11) is 1.10. The van der Waals surface area contributed by atoms with E-state index < -0.39 is 25.4 Å². The first-order valence-corrected chi connectivity index (χ1v) is 6.80. The molecular weight excluding hydrogens is 264 g/mol. The maximum absolute atomic E-state index is 11.3. The van der Waals surface area contributed by atoms with Crippen LogP contribution < -0.4 is 0 Å². The van der Waals surface area contributed by atoms with E-state index in [0.717, 1.165) is 0 Å². The molecule has 0 aliphatic heterocycles. The monoisotopic (exact) mass is 269 g/mol. The minimum atomic E-state index is -4.10. The van der Waals surface area contributed by atoms with Crippen molar-refractivity contribution in [3.05, 3.63) is 35.3 Å². The van der Waals surface area contributed by atoms with Crippen LogP contribution in [0.5, 0.6) is 5.75 Å². The summed E-state index contributed by atoms with van der Waals surface area (Å²) < 4.78 is 22.6. The van der Waals surface area contributed by atoms with Crippen molar-refractivity contribution in [2.45, 2.75) is 4.90 Å². The molecule has 0 saturated carbocycles. The average molecular weight is 270 g/mol. The molecule has 2 aromatic carbocycles. The van der Waals surface area contributed by atoms with Gasteiger partial charge in [0, 0.05) is 16.1 Å². The highest BCUT2D eigenvalue weighted by molar-refractivity contribution is 8.13. The van der Waals surface area contributed by atoms with Crippen LogP contribution in [0.1, 0.15) is 0 Å². The third-order valence-electron chi connectivity index (χ3n) is 2.32. The summed E-state index contributed by atoms with van der Waals surface area (Å²) in [4.78, 5) is 2.34. The molecule has 0 aromatic heterocycles. The van der Waals surface area contributed by atoms with Gasteiger partial charge in [0.05, 0.1) is 0 Å². The predicted octanol–water partition coefficient (Wildman–Crippen LogP) is 2.96. The van der Waals surface area contributed by atoms with Gasteiger partial charge in [-0.3, -0.25) is 0 Å². The summed E-state index contributed by atoms with van der Waals surface area (Å²) in [5.41, 5.74) is -0.460. The van der Waals surface area contributed by atoms with Gasteiger partial charge in [-0.2, -0.15) is 0 Å². The van der Waals surface area contributed by atoms with Crippen LogP contribution in [-0.4, -0.2) is 13.5 Å². The van der Waals surface area contributed by atoms with Crippen LogP contribution in [0.25, 0.3) is 15.7 Å². The molecule has 0 fully saturated rings. The Balaban J connectivity index is 3.02. The molecule has 1 N–H and O–H groups in total. The van der Waals surface area contributed by atoms with E-state index in [1.54, 1.807) is 24.3 Å². The summed E-state index contributed by atoms with van der Waals surface area (Å²) in [6.45, 7) is 0. The van der Waals surface area contributed by atoms with Crippen LogP contribution in [-0.2, 0) is 9.05 Å². The van der Waals surface area contributed by atoms with Gasteiger partial charge in [0.15, 0.2) is 9.87 Å². The largest absolute Gasteiger partial charge is 0.501 e. The van der Waals surface area contributed by atoms with Gasteiger partial charge in [-0.05, 0) is 11.5 Å². The molecular formula is C10H6ClN2O3S+. The van der Waals surface area contributed by atoms with Crippen molar-refractivity contribution < 1.29 is 13.5 Å². The van der Waals surface area contributed by atoms with Crippen LogP contribution in [0.2, 0.25) is 0 Å². The number of hydrogen-bond donors (Lipinski definition) is 1. The van der Waals surface area contributed by atoms with E-state index in [0.29, 0.717) is 10.8 Å². The molecule has 0 unspecified atom stereocenters. The number of benzene rings is 2. The first-order chi connectivity index (χ1) is 7.95. The number of aromatic hydroxyl groups is 1. The van der Waals surface area contributed by atoms with E-state index in [1.165, 1.54) is 6.07 Å². The SMILES string of the molecule is N#[N+]c1c(S(=O)(=O)Cl)cc2ccccc2c1O. The van der Waals surface area contributed by atoms with E-state index >= 15 is 0 Å². The zero-order chi connectivity index (χ0) is 12.6. The average Bonchev–Trinajstić information content (AvgIpc) is 2.28. The highest BCUT2D eigenvalue weighted by atomic mass is 35.7. The second-order valence-corrected chi connectivity index (χ2v) is 5.87. The third-order valence-corrected chi connectivity index (χ3v) is 3.66. The summed E-state index contributed by atoms with van der Waals surface area (Å²) >= 11 is 0. The van der Waals surface area contributed by atoms with Gasteiger partial charge in [-0.15, -0.1) is 0 Å². The lowest BCUT2D eigenvalue weighted by Crippen LogP contribution is -1.91. The van der Waals surface area contributed by atoms with Gasteiger partial charge in [0.1, 0.15) is 0 Å². The number of fused-ring (bicyclic) bond motifs is 1. The van der Waals surface area contributed by atoms with Crippen molar-refractivity contribution in [2.75, 3.05) is 0 Å². The fourth-order valence-corrected chi connectivity index (χ4v) is 2.56. The van der Waals surface area contributed by atoms with Gasteiger partial charge in [0.2, 0.25) is 11.1 Å². The van der Waals surface area contributed by atoms with Crippen molar-refractivity contribution in [1.82, 2.24) is 0 Å². The van der Waals surface area contributed by atoms with Gasteiger partial charge in [0.25, 0.3) is 9.05 Å². The Kier molecular flexibility index (Phi) is 2.65. The number of hydrogen-bond acceptors (Lipinski definition) is 4. The molecule has 5 nitrogen and oxygen atoms in total. The molecule has 0 bridgehead atoms.